The van der Waals surface area contributed by atoms with Crippen molar-refractivity contribution in [3.63, 3.8) is 0 Å². The lowest BCUT2D eigenvalue weighted by Gasteiger charge is -2.17. The lowest BCUT2D eigenvalue weighted by Crippen LogP contribution is -2.18. The molecule has 7 heteroatoms. The number of hydrogen-bond acceptors (Lipinski definition) is 5. The van der Waals surface area contributed by atoms with Crippen molar-refractivity contribution in [1.82, 2.24) is 10.2 Å². The van der Waals surface area contributed by atoms with Crippen molar-refractivity contribution in [3.05, 3.63) is 71.4 Å². The monoisotopic (exact) mass is 393 g/mol. The Labute approximate surface area is 168 Å². The molecule has 0 unspecified atom stereocenters. The molecule has 2 aromatic carbocycles. The molecular weight excluding hydrogens is 374 g/mol. The molecule has 3 aromatic rings. The summed E-state index contributed by atoms with van der Waals surface area (Å²) in [7, 11) is 0. The normalized spacial score (nSPS) is 13.4. The number of rotatable bonds is 5. The molecule has 0 radical (unpaired) electrons. The van der Waals surface area contributed by atoms with Crippen LogP contribution < -0.4 is 15.5 Å². The van der Waals surface area contributed by atoms with Crippen LogP contribution in [0.2, 0.25) is 5.02 Å². The van der Waals surface area contributed by atoms with Gasteiger partial charge in [0.15, 0.2) is 11.5 Å². The minimum Gasteiger partial charge on any atom is -0.372 e. The Hall–Kier alpha value is -3.12. The highest BCUT2D eigenvalue weighted by atomic mass is 35.5. The molecular formula is C21H20ClN5O. The molecule has 1 saturated heterocycles. The van der Waals surface area contributed by atoms with Gasteiger partial charge in [-0.2, -0.15) is 0 Å². The van der Waals surface area contributed by atoms with E-state index in [4.69, 9.17) is 11.6 Å². The van der Waals surface area contributed by atoms with Gasteiger partial charge in [-0.15, -0.1) is 10.2 Å². The lowest BCUT2D eigenvalue weighted by atomic mass is 10.2. The minimum atomic E-state index is -0.296. The van der Waals surface area contributed by atoms with Gasteiger partial charge in [0.1, 0.15) is 0 Å². The third-order valence-electron chi connectivity index (χ3n) is 4.59. The highest BCUT2D eigenvalue weighted by Crippen LogP contribution is 2.22. The number of carbonyl (C=O) groups is 1. The Kier molecular flexibility index (Phi) is 5.39. The van der Waals surface area contributed by atoms with Crippen molar-refractivity contribution in [2.75, 3.05) is 28.6 Å². The number of carbonyl (C=O) groups excluding carboxylic acids is 1. The van der Waals surface area contributed by atoms with Crippen molar-refractivity contribution in [2.45, 2.75) is 12.8 Å². The second-order valence-corrected chi connectivity index (χ2v) is 7.07. The van der Waals surface area contributed by atoms with Gasteiger partial charge >= 0.3 is 0 Å². The fourth-order valence-electron chi connectivity index (χ4n) is 3.16. The zero-order valence-corrected chi connectivity index (χ0v) is 16.0. The molecule has 0 atom stereocenters. The first-order chi connectivity index (χ1) is 13.7. The maximum Gasteiger partial charge on any atom is 0.276 e. The number of hydrogen-bond donors (Lipinski definition) is 2. The summed E-state index contributed by atoms with van der Waals surface area (Å²) in [5.74, 6) is 0.240. The summed E-state index contributed by atoms with van der Waals surface area (Å²) >= 11 is 5.97. The molecule has 28 heavy (non-hydrogen) atoms. The van der Waals surface area contributed by atoms with E-state index in [0.717, 1.165) is 24.5 Å². The van der Waals surface area contributed by atoms with Gasteiger partial charge in [-0.3, -0.25) is 4.79 Å². The third kappa shape index (κ3) is 4.40. The lowest BCUT2D eigenvalue weighted by molar-refractivity contribution is 0.102. The van der Waals surface area contributed by atoms with Gasteiger partial charge in [-0.25, -0.2) is 0 Å². The van der Waals surface area contributed by atoms with Crippen LogP contribution in [0.4, 0.5) is 22.9 Å². The van der Waals surface area contributed by atoms with E-state index in [-0.39, 0.29) is 11.6 Å². The number of nitrogens with zero attached hydrogens (tertiary/aromatic N) is 3. The van der Waals surface area contributed by atoms with Crippen LogP contribution in [-0.4, -0.2) is 29.2 Å². The average molecular weight is 394 g/mol. The summed E-state index contributed by atoms with van der Waals surface area (Å²) in [6.07, 6.45) is 2.47. The highest BCUT2D eigenvalue weighted by molar-refractivity contribution is 6.30. The molecule has 2 heterocycles. The van der Waals surface area contributed by atoms with E-state index in [2.05, 4.69) is 25.7 Å². The molecule has 6 nitrogen and oxygen atoms in total. The predicted molar refractivity (Wildman–Crippen MR) is 113 cm³/mol. The molecule has 0 aliphatic carbocycles. The molecule has 1 amide bonds. The van der Waals surface area contributed by atoms with Crippen LogP contribution in [0.25, 0.3) is 0 Å². The quantitative estimate of drug-likeness (QED) is 0.656. The van der Waals surface area contributed by atoms with Crippen molar-refractivity contribution in [2.24, 2.45) is 0 Å². The first-order valence-corrected chi connectivity index (χ1v) is 9.58. The summed E-state index contributed by atoms with van der Waals surface area (Å²) in [6, 6.07) is 18.5. The Morgan fingerprint density at radius 1 is 0.929 bits per heavy atom. The number of aromatic nitrogens is 2. The van der Waals surface area contributed by atoms with Crippen LogP contribution >= 0.6 is 11.6 Å². The number of nitrogens with one attached hydrogen (secondary N) is 2. The first kappa shape index (κ1) is 18.3. The number of amides is 1. The van der Waals surface area contributed by atoms with Crippen LogP contribution in [-0.2, 0) is 0 Å². The van der Waals surface area contributed by atoms with E-state index in [1.54, 1.807) is 24.3 Å². The largest absolute Gasteiger partial charge is 0.372 e. The maximum atomic E-state index is 12.4. The minimum absolute atomic E-state index is 0.250. The Morgan fingerprint density at radius 2 is 1.71 bits per heavy atom. The highest BCUT2D eigenvalue weighted by Gasteiger charge is 2.13. The molecule has 1 aromatic heterocycles. The zero-order chi connectivity index (χ0) is 19.3. The second kappa shape index (κ2) is 8.27. The Bertz CT molecular complexity index is 953. The fourth-order valence-corrected chi connectivity index (χ4v) is 3.35. The molecule has 0 bridgehead atoms. The molecule has 4 rings (SSSR count). The van der Waals surface area contributed by atoms with Gasteiger partial charge in [-0.1, -0.05) is 17.7 Å². The van der Waals surface area contributed by atoms with Gasteiger partial charge in [0.2, 0.25) is 0 Å². The summed E-state index contributed by atoms with van der Waals surface area (Å²) in [6.45, 7) is 2.19. The number of benzene rings is 2. The van der Waals surface area contributed by atoms with E-state index in [1.165, 1.54) is 18.5 Å². The van der Waals surface area contributed by atoms with E-state index in [1.807, 2.05) is 36.4 Å². The molecule has 2 N–H and O–H groups in total. The topological polar surface area (TPSA) is 70.2 Å². The predicted octanol–water partition coefficient (Wildman–Crippen LogP) is 4.73. The van der Waals surface area contributed by atoms with Crippen molar-refractivity contribution < 1.29 is 4.79 Å². The molecule has 1 aliphatic rings. The van der Waals surface area contributed by atoms with Gasteiger partial charge in [-0.05, 0) is 67.4 Å². The number of anilines is 4. The standard InChI is InChI=1S/C21H20ClN5O/c22-15-4-3-5-17(14-15)23-20-11-10-19(25-26-20)21(28)24-16-6-8-18(9-7-16)27-12-1-2-13-27/h3-11,14H,1-2,12-13H2,(H,23,26)(H,24,28). The van der Waals surface area contributed by atoms with Crippen LogP contribution in [0.5, 0.6) is 0 Å². The van der Waals surface area contributed by atoms with Crippen LogP contribution in [0.15, 0.2) is 60.7 Å². The molecule has 142 valence electrons. The first-order valence-electron chi connectivity index (χ1n) is 9.20. The van der Waals surface area contributed by atoms with E-state index < -0.39 is 0 Å². The van der Waals surface area contributed by atoms with Crippen molar-refractivity contribution >= 4 is 40.4 Å². The van der Waals surface area contributed by atoms with E-state index in [9.17, 15) is 4.79 Å². The van der Waals surface area contributed by atoms with Gasteiger partial charge < -0.3 is 15.5 Å². The van der Waals surface area contributed by atoms with Gasteiger partial charge in [0.25, 0.3) is 5.91 Å². The van der Waals surface area contributed by atoms with Crippen molar-refractivity contribution in [1.29, 1.82) is 0 Å². The maximum absolute atomic E-state index is 12.4. The molecule has 1 fully saturated rings. The Balaban J connectivity index is 1.38. The molecule has 0 spiro atoms. The second-order valence-electron chi connectivity index (χ2n) is 6.63. The average Bonchev–Trinajstić information content (AvgIpc) is 3.24. The van der Waals surface area contributed by atoms with Crippen molar-refractivity contribution in [3.8, 4) is 0 Å². The molecule has 0 saturated carbocycles. The van der Waals surface area contributed by atoms with Crippen LogP contribution in [0.3, 0.4) is 0 Å². The fraction of sp³-hybridized carbons (Fsp3) is 0.190. The van der Waals surface area contributed by atoms with E-state index >= 15 is 0 Å². The zero-order valence-electron chi connectivity index (χ0n) is 15.2. The van der Waals surface area contributed by atoms with E-state index in [0.29, 0.717) is 10.8 Å². The summed E-state index contributed by atoms with van der Waals surface area (Å²) < 4.78 is 0. The van der Waals surface area contributed by atoms with Gasteiger partial charge in [0, 0.05) is 35.2 Å². The summed E-state index contributed by atoms with van der Waals surface area (Å²) in [5, 5.41) is 14.7. The summed E-state index contributed by atoms with van der Waals surface area (Å²) in [4.78, 5) is 14.8. The summed E-state index contributed by atoms with van der Waals surface area (Å²) in [5.41, 5.74) is 2.97. The SMILES string of the molecule is O=C(Nc1ccc(N2CCCC2)cc1)c1ccc(Nc2cccc(Cl)c2)nn1. The smallest absolute Gasteiger partial charge is 0.276 e. The number of halogens is 1. The molecule has 1 aliphatic heterocycles. The van der Waals surface area contributed by atoms with Crippen LogP contribution in [0.1, 0.15) is 23.3 Å². The Morgan fingerprint density at radius 3 is 2.39 bits per heavy atom. The van der Waals surface area contributed by atoms with Crippen LogP contribution in [0, 0.1) is 0 Å². The third-order valence-corrected chi connectivity index (χ3v) is 4.83. The van der Waals surface area contributed by atoms with Gasteiger partial charge in [0.05, 0.1) is 0 Å².